The van der Waals surface area contributed by atoms with Gasteiger partial charge < -0.3 is 14.5 Å². The third-order valence-electron chi connectivity index (χ3n) is 6.54. The second-order valence-electron chi connectivity index (χ2n) is 9.07. The van der Waals surface area contributed by atoms with E-state index in [-0.39, 0.29) is 35.3 Å². The van der Waals surface area contributed by atoms with Gasteiger partial charge >= 0.3 is 0 Å². The van der Waals surface area contributed by atoms with E-state index in [1.165, 1.54) is 17.2 Å². The SMILES string of the molecule is CN(C)C(=O)c1nn(Cc2ccccc2C(F)F)c2c1CN(c1cnn(C3NCCO3)c(=O)c1Cl)CC2. The number of hydrogen-bond acceptors (Lipinski definition) is 7. The van der Waals surface area contributed by atoms with Gasteiger partial charge in [-0.05, 0) is 5.56 Å². The highest BCUT2D eigenvalue weighted by Gasteiger charge is 2.31. The van der Waals surface area contributed by atoms with Gasteiger partial charge in [0, 0.05) is 57.0 Å². The predicted octanol–water partition coefficient (Wildman–Crippen LogP) is 2.42. The number of carbonyl (C=O) groups is 1. The molecule has 196 valence electrons. The minimum absolute atomic E-state index is 0.00510. The van der Waals surface area contributed by atoms with Crippen LogP contribution in [-0.4, -0.2) is 64.2 Å². The molecular formula is C24H26ClF2N7O3. The number of anilines is 1. The number of nitrogens with zero attached hydrogens (tertiary/aromatic N) is 6. The maximum Gasteiger partial charge on any atom is 0.291 e. The van der Waals surface area contributed by atoms with Crippen LogP contribution in [0.2, 0.25) is 5.02 Å². The predicted molar refractivity (Wildman–Crippen MR) is 132 cm³/mol. The number of amides is 1. The molecule has 1 N–H and O–H groups in total. The Kier molecular flexibility index (Phi) is 6.97. The molecule has 1 atom stereocenters. The minimum Gasteiger partial charge on any atom is -0.364 e. The molecule has 1 amide bonds. The highest BCUT2D eigenvalue weighted by molar-refractivity contribution is 6.33. The van der Waals surface area contributed by atoms with Crippen molar-refractivity contribution in [3.8, 4) is 0 Å². The average Bonchev–Trinajstić information content (AvgIpc) is 3.54. The molecule has 2 aliphatic rings. The second-order valence-corrected chi connectivity index (χ2v) is 9.45. The van der Waals surface area contributed by atoms with Crippen LogP contribution >= 0.6 is 11.6 Å². The van der Waals surface area contributed by atoms with E-state index in [1.807, 2.05) is 4.90 Å². The lowest BCUT2D eigenvalue weighted by Crippen LogP contribution is -2.37. The van der Waals surface area contributed by atoms with Crippen LogP contribution in [0.25, 0.3) is 0 Å². The zero-order valence-electron chi connectivity index (χ0n) is 20.3. The number of halogens is 3. The maximum absolute atomic E-state index is 13.6. The Morgan fingerprint density at radius 3 is 2.81 bits per heavy atom. The molecule has 1 aromatic carbocycles. The lowest BCUT2D eigenvalue weighted by atomic mass is 10.0. The zero-order chi connectivity index (χ0) is 26.3. The van der Waals surface area contributed by atoms with Crippen LogP contribution in [0.4, 0.5) is 14.5 Å². The molecule has 0 spiro atoms. The van der Waals surface area contributed by atoms with Crippen LogP contribution in [0.5, 0.6) is 0 Å². The minimum atomic E-state index is -2.62. The van der Waals surface area contributed by atoms with E-state index in [0.29, 0.717) is 42.9 Å². The number of ether oxygens (including phenoxy) is 1. The monoisotopic (exact) mass is 533 g/mol. The van der Waals surface area contributed by atoms with Crippen molar-refractivity contribution in [2.45, 2.75) is 32.3 Å². The van der Waals surface area contributed by atoms with Crippen LogP contribution in [0.1, 0.15) is 45.7 Å². The Morgan fingerprint density at radius 2 is 2.11 bits per heavy atom. The maximum atomic E-state index is 13.6. The molecule has 3 aromatic rings. The Hall–Kier alpha value is -3.35. The molecule has 0 radical (unpaired) electrons. The highest BCUT2D eigenvalue weighted by Crippen LogP contribution is 2.31. The van der Waals surface area contributed by atoms with Crippen molar-refractivity contribution >= 4 is 23.2 Å². The van der Waals surface area contributed by atoms with Crippen molar-refractivity contribution in [3.05, 3.63) is 73.9 Å². The Labute approximate surface area is 216 Å². The molecule has 1 fully saturated rings. The quantitative estimate of drug-likeness (QED) is 0.520. The van der Waals surface area contributed by atoms with Crippen molar-refractivity contribution in [2.75, 3.05) is 38.7 Å². The first-order chi connectivity index (χ1) is 17.8. The smallest absolute Gasteiger partial charge is 0.291 e. The molecule has 2 aliphatic heterocycles. The van der Waals surface area contributed by atoms with Crippen LogP contribution in [0.3, 0.4) is 0 Å². The third kappa shape index (κ3) is 4.72. The molecule has 10 nitrogen and oxygen atoms in total. The van der Waals surface area contributed by atoms with E-state index in [1.54, 1.807) is 37.0 Å². The van der Waals surface area contributed by atoms with Gasteiger partial charge in [0.25, 0.3) is 17.9 Å². The van der Waals surface area contributed by atoms with Crippen molar-refractivity contribution in [1.82, 2.24) is 29.8 Å². The summed E-state index contributed by atoms with van der Waals surface area (Å²) >= 11 is 6.48. The van der Waals surface area contributed by atoms with E-state index < -0.39 is 18.3 Å². The van der Waals surface area contributed by atoms with E-state index in [0.717, 1.165) is 10.4 Å². The molecule has 5 rings (SSSR count). The molecule has 1 unspecified atom stereocenters. The summed E-state index contributed by atoms with van der Waals surface area (Å²) in [6.45, 7) is 1.89. The second kappa shape index (κ2) is 10.2. The van der Waals surface area contributed by atoms with Gasteiger partial charge in [-0.15, -0.1) is 0 Å². The summed E-state index contributed by atoms with van der Waals surface area (Å²) in [7, 11) is 3.25. The highest BCUT2D eigenvalue weighted by atomic mass is 35.5. The molecular weight excluding hydrogens is 508 g/mol. The number of benzene rings is 1. The topological polar surface area (TPSA) is 97.5 Å². The first-order valence-corrected chi connectivity index (χ1v) is 12.2. The van der Waals surface area contributed by atoms with Gasteiger partial charge in [-0.2, -0.15) is 14.9 Å². The Balaban J connectivity index is 1.50. The van der Waals surface area contributed by atoms with Gasteiger partial charge in [0.2, 0.25) is 6.35 Å². The number of hydrogen-bond donors (Lipinski definition) is 1. The van der Waals surface area contributed by atoms with Crippen molar-refractivity contribution in [1.29, 1.82) is 0 Å². The first kappa shape index (κ1) is 25.3. The largest absolute Gasteiger partial charge is 0.364 e. The summed E-state index contributed by atoms with van der Waals surface area (Å²) in [5.41, 5.74) is 2.00. The van der Waals surface area contributed by atoms with Gasteiger partial charge in [-0.25, -0.2) is 8.78 Å². The van der Waals surface area contributed by atoms with Gasteiger partial charge in [-0.1, -0.05) is 35.9 Å². The Morgan fingerprint density at radius 1 is 1.32 bits per heavy atom. The molecule has 0 saturated carbocycles. The summed E-state index contributed by atoms with van der Waals surface area (Å²) < 4.78 is 35.4. The summed E-state index contributed by atoms with van der Waals surface area (Å²) in [6.07, 6.45) is -1.32. The standard InChI is InChI=1S/C24H26ClF2N7O3/c1-31(2)23(36)20-16-13-32(18-11-29-34(22(35)19(18)25)24-28-8-10-37-24)9-7-17(16)33(30-20)12-14-5-3-4-6-15(14)21(26)27/h3-6,11,21,24,28H,7-10,12-13H2,1-2H3. The number of aromatic nitrogens is 4. The lowest BCUT2D eigenvalue weighted by molar-refractivity contribution is 0.0303. The van der Waals surface area contributed by atoms with Crippen LogP contribution in [0.15, 0.2) is 35.3 Å². The average molecular weight is 534 g/mol. The van der Waals surface area contributed by atoms with Crippen molar-refractivity contribution < 1.29 is 18.3 Å². The molecule has 4 heterocycles. The number of carbonyl (C=O) groups excluding carboxylic acids is 1. The number of rotatable bonds is 6. The summed E-state index contributed by atoms with van der Waals surface area (Å²) in [5.74, 6) is -0.303. The molecule has 0 bridgehead atoms. The molecule has 13 heteroatoms. The molecule has 0 aliphatic carbocycles. The van der Waals surface area contributed by atoms with Crippen molar-refractivity contribution in [3.63, 3.8) is 0 Å². The lowest BCUT2D eigenvalue weighted by Gasteiger charge is -2.30. The van der Waals surface area contributed by atoms with E-state index in [2.05, 4.69) is 15.5 Å². The number of alkyl halides is 2. The van der Waals surface area contributed by atoms with E-state index in [9.17, 15) is 18.4 Å². The zero-order valence-corrected chi connectivity index (χ0v) is 21.1. The number of fused-ring (bicyclic) bond motifs is 1. The van der Waals surface area contributed by atoms with Gasteiger partial charge in [0.1, 0.15) is 5.02 Å². The Bertz CT molecular complexity index is 1390. The fraction of sp³-hybridized carbons (Fsp3) is 0.417. The fourth-order valence-electron chi connectivity index (χ4n) is 4.66. The van der Waals surface area contributed by atoms with Crippen molar-refractivity contribution in [2.24, 2.45) is 0 Å². The van der Waals surface area contributed by atoms with Gasteiger partial charge in [0.05, 0.1) is 25.0 Å². The molecule has 37 heavy (non-hydrogen) atoms. The van der Waals surface area contributed by atoms with Gasteiger partial charge in [0.15, 0.2) is 5.69 Å². The first-order valence-electron chi connectivity index (χ1n) is 11.8. The van der Waals surface area contributed by atoms with Crippen LogP contribution in [-0.2, 0) is 24.2 Å². The normalized spacial score (nSPS) is 17.4. The molecule has 1 saturated heterocycles. The third-order valence-corrected chi connectivity index (χ3v) is 6.89. The fourth-order valence-corrected chi connectivity index (χ4v) is 4.91. The van der Waals surface area contributed by atoms with Crippen LogP contribution < -0.4 is 15.8 Å². The number of nitrogens with one attached hydrogen (secondary N) is 1. The summed E-state index contributed by atoms with van der Waals surface area (Å²) in [4.78, 5) is 29.2. The molecule has 2 aromatic heterocycles. The summed E-state index contributed by atoms with van der Waals surface area (Å²) in [5, 5.41) is 11.8. The van der Waals surface area contributed by atoms with Gasteiger partial charge in [-0.3, -0.25) is 19.6 Å². The van der Waals surface area contributed by atoms with Crippen LogP contribution in [0, 0.1) is 0 Å². The van der Waals surface area contributed by atoms with E-state index >= 15 is 0 Å². The summed E-state index contributed by atoms with van der Waals surface area (Å²) in [6, 6.07) is 6.31. The van der Waals surface area contributed by atoms with E-state index in [4.69, 9.17) is 16.3 Å².